The highest BCUT2D eigenvalue weighted by molar-refractivity contribution is 7.71. The largest absolute Gasteiger partial charge is 0.494 e. The third-order valence-electron chi connectivity index (χ3n) is 5.88. The highest BCUT2D eigenvalue weighted by Gasteiger charge is 2.19. The van der Waals surface area contributed by atoms with Gasteiger partial charge in [-0.3, -0.25) is 18.9 Å². The molecule has 172 valence electrons. The number of para-hydroxylation sites is 2. The summed E-state index contributed by atoms with van der Waals surface area (Å²) in [6.45, 7) is 8.12. The Kier molecular flexibility index (Phi) is 6.61. The second-order valence-corrected chi connectivity index (χ2v) is 8.94. The van der Waals surface area contributed by atoms with E-state index in [9.17, 15) is 9.90 Å². The fraction of sp³-hybridized carbons (Fsp3) is 0.179. The maximum atomic E-state index is 13.6. The van der Waals surface area contributed by atoms with E-state index < -0.39 is 5.56 Å². The number of aromatic hydroxyl groups is 1. The van der Waals surface area contributed by atoms with E-state index in [1.54, 1.807) is 0 Å². The first-order valence-electron chi connectivity index (χ1n) is 11.2. The number of hydrogen-bond acceptors (Lipinski definition) is 4. The maximum Gasteiger partial charge on any atom is 0.271 e. The van der Waals surface area contributed by atoms with Gasteiger partial charge in [-0.15, -0.1) is 0 Å². The Morgan fingerprint density at radius 3 is 1.91 bits per heavy atom. The minimum absolute atomic E-state index is 0.0630. The van der Waals surface area contributed by atoms with Crippen LogP contribution in [0, 0.1) is 18.6 Å². The minimum Gasteiger partial charge on any atom is -0.494 e. The summed E-state index contributed by atoms with van der Waals surface area (Å²) < 4.78 is 3.17. The van der Waals surface area contributed by atoms with Crippen molar-refractivity contribution in [3.8, 4) is 17.3 Å². The predicted octanol–water partition coefficient (Wildman–Crippen LogP) is 6.55. The topological polar surface area (TPSA) is 59.5 Å². The highest BCUT2D eigenvalue weighted by atomic mass is 32.1. The van der Waals surface area contributed by atoms with Crippen molar-refractivity contribution in [2.45, 2.75) is 33.6 Å². The van der Waals surface area contributed by atoms with Crippen LogP contribution in [0.4, 0.5) is 5.69 Å². The van der Waals surface area contributed by atoms with Gasteiger partial charge in [0.25, 0.3) is 5.56 Å². The van der Waals surface area contributed by atoms with E-state index in [0.29, 0.717) is 23.0 Å². The molecule has 6 heteroatoms. The third-order valence-corrected chi connectivity index (χ3v) is 6.25. The summed E-state index contributed by atoms with van der Waals surface area (Å²) in [5.74, 6) is 0.174. The van der Waals surface area contributed by atoms with Crippen molar-refractivity contribution in [1.29, 1.82) is 0 Å². The van der Waals surface area contributed by atoms with Gasteiger partial charge in [0.15, 0.2) is 4.77 Å². The van der Waals surface area contributed by atoms with Gasteiger partial charge in [-0.2, -0.15) is 0 Å². The van der Waals surface area contributed by atoms with E-state index in [0.717, 1.165) is 11.1 Å². The molecule has 0 radical (unpaired) electrons. The van der Waals surface area contributed by atoms with Gasteiger partial charge in [0.1, 0.15) is 5.56 Å². The van der Waals surface area contributed by atoms with E-state index in [2.05, 4.69) is 18.8 Å². The number of rotatable bonds is 5. The van der Waals surface area contributed by atoms with Crippen LogP contribution in [0.15, 0.2) is 82.6 Å². The molecule has 0 aliphatic carbocycles. The molecule has 1 heterocycles. The van der Waals surface area contributed by atoms with Gasteiger partial charge in [0, 0.05) is 6.21 Å². The second-order valence-electron chi connectivity index (χ2n) is 8.57. The Morgan fingerprint density at radius 1 is 0.853 bits per heavy atom. The number of aliphatic imine (C=N–C) groups is 1. The Hall–Kier alpha value is -3.77. The zero-order valence-corrected chi connectivity index (χ0v) is 20.5. The third kappa shape index (κ3) is 4.37. The Morgan fingerprint density at radius 2 is 1.38 bits per heavy atom. The van der Waals surface area contributed by atoms with Gasteiger partial charge in [-0.25, -0.2) is 0 Å². The fourth-order valence-electron chi connectivity index (χ4n) is 3.87. The molecule has 0 spiro atoms. The van der Waals surface area contributed by atoms with Gasteiger partial charge < -0.3 is 5.11 Å². The molecule has 0 unspecified atom stereocenters. The van der Waals surface area contributed by atoms with Crippen LogP contribution in [-0.2, 0) is 0 Å². The van der Waals surface area contributed by atoms with Crippen LogP contribution in [0.5, 0.6) is 5.88 Å². The van der Waals surface area contributed by atoms with Crippen LogP contribution in [-0.4, -0.2) is 20.5 Å². The molecule has 0 bridgehead atoms. The van der Waals surface area contributed by atoms with Gasteiger partial charge in [-0.05, 0) is 72.9 Å². The van der Waals surface area contributed by atoms with Crippen molar-refractivity contribution < 1.29 is 5.11 Å². The van der Waals surface area contributed by atoms with Gasteiger partial charge in [0.05, 0.1) is 17.1 Å². The molecule has 1 aromatic heterocycles. The molecule has 0 saturated heterocycles. The van der Waals surface area contributed by atoms with Crippen LogP contribution >= 0.6 is 12.2 Å². The van der Waals surface area contributed by atoms with Crippen LogP contribution < -0.4 is 5.56 Å². The van der Waals surface area contributed by atoms with Crippen molar-refractivity contribution in [1.82, 2.24) is 9.13 Å². The molecule has 3 aromatic carbocycles. The highest BCUT2D eigenvalue weighted by Crippen LogP contribution is 2.25. The summed E-state index contributed by atoms with van der Waals surface area (Å²) >= 11 is 5.75. The second kappa shape index (κ2) is 9.61. The summed E-state index contributed by atoms with van der Waals surface area (Å²) in [4.78, 5) is 18.1. The Balaban J connectivity index is 1.98. The lowest BCUT2D eigenvalue weighted by atomic mass is 10.0. The fourth-order valence-corrected chi connectivity index (χ4v) is 4.24. The smallest absolute Gasteiger partial charge is 0.271 e. The van der Waals surface area contributed by atoms with E-state index >= 15 is 0 Å². The van der Waals surface area contributed by atoms with Crippen molar-refractivity contribution in [3.05, 3.63) is 110 Å². The van der Waals surface area contributed by atoms with E-state index in [4.69, 9.17) is 12.2 Å². The first kappa shape index (κ1) is 23.4. The molecule has 4 aromatic rings. The lowest BCUT2D eigenvalue weighted by molar-refractivity contribution is 0.429. The first-order chi connectivity index (χ1) is 16.3. The summed E-state index contributed by atoms with van der Waals surface area (Å²) in [5, 5.41) is 11.3. The number of hydrogen-bond donors (Lipinski definition) is 1. The lowest BCUT2D eigenvalue weighted by Crippen LogP contribution is -2.27. The summed E-state index contributed by atoms with van der Waals surface area (Å²) in [6.07, 6.45) is 1.42. The SMILES string of the molecule is Cc1ccccc1-n1c(O)c(C=Nc2ccc(C(C)C)cc2)c(=O)n(-c2ccccc2C)c1=S. The summed E-state index contributed by atoms with van der Waals surface area (Å²) in [6, 6.07) is 23.0. The Bertz CT molecular complexity index is 1500. The van der Waals surface area contributed by atoms with Crippen LogP contribution in [0.1, 0.15) is 42.0 Å². The quantitative estimate of drug-likeness (QED) is 0.266. The summed E-state index contributed by atoms with van der Waals surface area (Å²) in [7, 11) is 0. The Labute approximate surface area is 204 Å². The average Bonchev–Trinajstić information content (AvgIpc) is 2.81. The molecule has 34 heavy (non-hydrogen) atoms. The van der Waals surface area contributed by atoms with Crippen molar-refractivity contribution in [2.24, 2.45) is 4.99 Å². The monoisotopic (exact) mass is 469 g/mol. The molecule has 5 nitrogen and oxygen atoms in total. The molecule has 0 amide bonds. The van der Waals surface area contributed by atoms with E-state index in [-0.39, 0.29) is 16.2 Å². The van der Waals surface area contributed by atoms with Crippen LogP contribution in [0.2, 0.25) is 0 Å². The normalized spacial score (nSPS) is 11.4. The molecule has 1 N–H and O–H groups in total. The number of aromatic nitrogens is 2. The van der Waals surface area contributed by atoms with E-state index in [1.165, 1.54) is 20.9 Å². The van der Waals surface area contributed by atoms with Gasteiger partial charge >= 0.3 is 0 Å². The molecular formula is C28H27N3O2S. The van der Waals surface area contributed by atoms with Crippen LogP contribution in [0.3, 0.4) is 0 Å². The molecule has 0 atom stereocenters. The maximum absolute atomic E-state index is 13.6. The lowest BCUT2D eigenvalue weighted by Gasteiger charge is -2.18. The van der Waals surface area contributed by atoms with Crippen molar-refractivity contribution >= 4 is 24.1 Å². The molecule has 0 aliphatic heterocycles. The molecule has 0 saturated carbocycles. The van der Waals surface area contributed by atoms with Gasteiger partial charge in [-0.1, -0.05) is 62.4 Å². The minimum atomic E-state index is -0.427. The standard InChI is InChI=1S/C28H27N3O2S/c1-18(2)21-13-15-22(16-14-21)29-17-23-26(32)30(24-11-7-5-9-19(24)3)28(34)31(27(23)33)25-12-8-6-10-20(25)4/h5-18,32H,1-4H3. The summed E-state index contributed by atoms with van der Waals surface area (Å²) in [5.41, 5.74) is 4.70. The zero-order valence-electron chi connectivity index (χ0n) is 19.7. The predicted molar refractivity (Wildman–Crippen MR) is 141 cm³/mol. The van der Waals surface area contributed by atoms with Crippen molar-refractivity contribution in [3.63, 3.8) is 0 Å². The molecule has 0 aliphatic rings. The number of benzene rings is 3. The molecule has 4 rings (SSSR count). The molecular weight excluding hydrogens is 442 g/mol. The van der Waals surface area contributed by atoms with Crippen LogP contribution in [0.25, 0.3) is 11.4 Å². The average molecular weight is 470 g/mol. The zero-order chi connectivity index (χ0) is 24.4. The van der Waals surface area contributed by atoms with E-state index in [1.807, 2.05) is 86.6 Å². The molecule has 0 fully saturated rings. The van der Waals surface area contributed by atoms with Crippen molar-refractivity contribution in [2.75, 3.05) is 0 Å². The number of aryl methyl sites for hydroxylation is 2. The van der Waals surface area contributed by atoms with Gasteiger partial charge in [0.2, 0.25) is 5.88 Å². The first-order valence-corrected chi connectivity index (χ1v) is 11.6. The number of nitrogens with zero attached hydrogens (tertiary/aromatic N) is 3.